The molecule has 0 aliphatic heterocycles. The molecule has 0 spiro atoms. The topological polar surface area (TPSA) is 29.4 Å². The summed E-state index contributed by atoms with van der Waals surface area (Å²) in [5, 5.41) is 0. The molecule has 0 unspecified atom stereocenters. The molecule has 0 bridgehead atoms. The summed E-state index contributed by atoms with van der Waals surface area (Å²) in [4.78, 5) is 16.5. The number of halogens is 2. The molecule has 0 saturated carbocycles. The van der Waals surface area contributed by atoms with E-state index in [2.05, 4.69) is 4.99 Å². The van der Waals surface area contributed by atoms with Gasteiger partial charge in [0, 0.05) is 11.8 Å². The predicted octanol–water partition coefficient (Wildman–Crippen LogP) is 5.61. The molecular formula is C22H15F2NO. The lowest BCUT2D eigenvalue weighted by atomic mass is 10.1. The second-order valence-corrected chi connectivity index (χ2v) is 5.61. The molecule has 4 heteroatoms. The van der Waals surface area contributed by atoms with Crippen LogP contribution >= 0.6 is 0 Å². The lowest BCUT2D eigenvalue weighted by Crippen LogP contribution is -1.93. The molecule has 128 valence electrons. The molecule has 3 aromatic rings. The van der Waals surface area contributed by atoms with Gasteiger partial charge in [-0.2, -0.15) is 0 Å². The molecule has 0 aliphatic carbocycles. The maximum atomic E-state index is 12.9. The molecule has 2 nitrogen and oxygen atoms in total. The van der Waals surface area contributed by atoms with Gasteiger partial charge in [0.1, 0.15) is 11.6 Å². The number of rotatable bonds is 5. The van der Waals surface area contributed by atoms with Crippen LogP contribution in [0.15, 0.2) is 83.9 Å². The molecule has 0 radical (unpaired) electrons. The Labute approximate surface area is 150 Å². The van der Waals surface area contributed by atoms with Crippen LogP contribution in [-0.4, -0.2) is 12.0 Å². The van der Waals surface area contributed by atoms with Gasteiger partial charge in [-0.3, -0.25) is 9.79 Å². The van der Waals surface area contributed by atoms with Crippen molar-refractivity contribution in [1.82, 2.24) is 0 Å². The maximum absolute atomic E-state index is 12.9. The minimum Gasteiger partial charge on any atom is -0.289 e. The van der Waals surface area contributed by atoms with E-state index in [4.69, 9.17) is 0 Å². The van der Waals surface area contributed by atoms with Crippen LogP contribution in [0, 0.1) is 11.6 Å². The number of ketones is 1. The van der Waals surface area contributed by atoms with Crippen molar-refractivity contribution in [3.8, 4) is 0 Å². The number of hydrogen-bond donors (Lipinski definition) is 0. The predicted molar refractivity (Wildman–Crippen MR) is 99.9 cm³/mol. The highest BCUT2D eigenvalue weighted by molar-refractivity contribution is 6.07. The van der Waals surface area contributed by atoms with E-state index in [0.29, 0.717) is 11.3 Å². The highest BCUT2D eigenvalue weighted by Gasteiger charge is 2.01. The Balaban J connectivity index is 1.65. The fourth-order valence-electron chi connectivity index (χ4n) is 2.25. The molecule has 3 aromatic carbocycles. The quantitative estimate of drug-likeness (QED) is 0.335. The first-order valence-corrected chi connectivity index (χ1v) is 7.98. The number of aliphatic imine (C=N–C) groups is 1. The number of nitrogens with zero attached hydrogens (tertiary/aromatic N) is 1. The standard InChI is InChI=1S/C22H15F2NO/c23-19-8-1-16(2-9-19)5-14-22(26)18-6-12-21(13-7-18)25-15-17-3-10-20(24)11-4-17/h1-15H. The van der Waals surface area contributed by atoms with Crippen LogP contribution in [-0.2, 0) is 0 Å². The second kappa shape index (κ2) is 8.12. The van der Waals surface area contributed by atoms with Crippen molar-refractivity contribution in [2.75, 3.05) is 0 Å². The van der Waals surface area contributed by atoms with Crippen molar-refractivity contribution >= 4 is 23.8 Å². The van der Waals surface area contributed by atoms with Crippen LogP contribution in [0.3, 0.4) is 0 Å². The third-order valence-electron chi connectivity index (χ3n) is 3.68. The van der Waals surface area contributed by atoms with Crippen molar-refractivity contribution < 1.29 is 13.6 Å². The molecule has 0 fully saturated rings. The monoisotopic (exact) mass is 347 g/mol. The van der Waals surface area contributed by atoms with Crippen LogP contribution in [0.1, 0.15) is 21.5 Å². The van der Waals surface area contributed by atoms with Crippen LogP contribution in [0.4, 0.5) is 14.5 Å². The largest absolute Gasteiger partial charge is 0.289 e. The highest BCUT2D eigenvalue weighted by atomic mass is 19.1. The van der Waals surface area contributed by atoms with Gasteiger partial charge in [0.05, 0.1) is 5.69 Å². The van der Waals surface area contributed by atoms with Crippen molar-refractivity contribution in [3.05, 3.63) is 107 Å². The minimum atomic E-state index is -0.315. The van der Waals surface area contributed by atoms with E-state index in [1.165, 1.54) is 30.3 Å². The zero-order valence-corrected chi connectivity index (χ0v) is 13.8. The minimum absolute atomic E-state index is 0.150. The Hall–Kier alpha value is -3.40. The van der Waals surface area contributed by atoms with Crippen molar-refractivity contribution in [3.63, 3.8) is 0 Å². The van der Waals surface area contributed by atoms with E-state index in [0.717, 1.165) is 11.1 Å². The van der Waals surface area contributed by atoms with E-state index >= 15 is 0 Å². The Bertz CT molecular complexity index is 941. The van der Waals surface area contributed by atoms with E-state index in [-0.39, 0.29) is 17.4 Å². The number of allylic oxidation sites excluding steroid dienone is 1. The van der Waals surface area contributed by atoms with E-state index in [9.17, 15) is 13.6 Å². The summed E-state index contributed by atoms with van der Waals surface area (Å²) in [7, 11) is 0. The lowest BCUT2D eigenvalue weighted by Gasteiger charge is -1.98. The summed E-state index contributed by atoms with van der Waals surface area (Å²) < 4.78 is 25.7. The first kappa shape index (κ1) is 17.4. The fourth-order valence-corrected chi connectivity index (χ4v) is 2.25. The smallest absolute Gasteiger partial charge is 0.185 e. The Morgan fingerprint density at radius 2 is 1.27 bits per heavy atom. The zero-order valence-electron chi connectivity index (χ0n) is 13.8. The normalized spacial score (nSPS) is 11.3. The zero-order chi connectivity index (χ0) is 18.4. The number of carbonyl (C=O) groups is 1. The summed E-state index contributed by atoms with van der Waals surface area (Å²) >= 11 is 0. The van der Waals surface area contributed by atoms with Gasteiger partial charge in [-0.25, -0.2) is 8.78 Å². The molecule has 26 heavy (non-hydrogen) atoms. The molecule has 0 N–H and O–H groups in total. The number of carbonyl (C=O) groups excluding carboxylic acids is 1. The molecule has 0 heterocycles. The van der Waals surface area contributed by atoms with Gasteiger partial charge in [0.25, 0.3) is 0 Å². The highest BCUT2D eigenvalue weighted by Crippen LogP contribution is 2.15. The Kier molecular flexibility index (Phi) is 5.44. The van der Waals surface area contributed by atoms with Gasteiger partial charge < -0.3 is 0 Å². The molecule has 3 rings (SSSR count). The molecule has 0 saturated heterocycles. The van der Waals surface area contributed by atoms with Crippen molar-refractivity contribution in [2.24, 2.45) is 4.99 Å². The third kappa shape index (κ3) is 4.80. The molecule has 0 aliphatic rings. The fraction of sp³-hybridized carbons (Fsp3) is 0. The Morgan fingerprint density at radius 1 is 0.731 bits per heavy atom. The van der Waals surface area contributed by atoms with E-state index in [1.807, 2.05) is 0 Å². The van der Waals surface area contributed by atoms with Crippen molar-refractivity contribution in [2.45, 2.75) is 0 Å². The summed E-state index contributed by atoms with van der Waals surface area (Å²) in [6.07, 6.45) is 4.72. The number of hydrogen-bond acceptors (Lipinski definition) is 2. The van der Waals surface area contributed by atoms with E-state index in [1.54, 1.807) is 60.8 Å². The second-order valence-electron chi connectivity index (χ2n) is 5.61. The molecule has 0 atom stereocenters. The molecule has 0 amide bonds. The Morgan fingerprint density at radius 3 is 1.85 bits per heavy atom. The van der Waals surface area contributed by atoms with Gasteiger partial charge in [-0.1, -0.05) is 30.3 Å². The SMILES string of the molecule is O=C(C=Cc1ccc(F)cc1)c1ccc(N=Cc2ccc(F)cc2)cc1. The first-order valence-electron chi connectivity index (χ1n) is 7.98. The van der Waals surface area contributed by atoms with Gasteiger partial charge in [0.15, 0.2) is 5.78 Å². The third-order valence-corrected chi connectivity index (χ3v) is 3.68. The van der Waals surface area contributed by atoms with Crippen LogP contribution in [0.5, 0.6) is 0 Å². The van der Waals surface area contributed by atoms with Gasteiger partial charge >= 0.3 is 0 Å². The van der Waals surface area contributed by atoms with Crippen LogP contribution < -0.4 is 0 Å². The van der Waals surface area contributed by atoms with Gasteiger partial charge in [0.2, 0.25) is 0 Å². The first-order chi connectivity index (χ1) is 12.6. The summed E-state index contributed by atoms with van der Waals surface area (Å²) in [6, 6.07) is 18.8. The number of benzene rings is 3. The summed E-state index contributed by atoms with van der Waals surface area (Å²) in [6.45, 7) is 0. The van der Waals surface area contributed by atoms with Crippen molar-refractivity contribution in [1.29, 1.82) is 0 Å². The maximum Gasteiger partial charge on any atom is 0.185 e. The van der Waals surface area contributed by atoms with Crippen LogP contribution in [0.2, 0.25) is 0 Å². The summed E-state index contributed by atoms with van der Waals surface area (Å²) in [5.41, 5.74) is 2.76. The van der Waals surface area contributed by atoms with Gasteiger partial charge in [-0.15, -0.1) is 0 Å². The van der Waals surface area contributed by atoms with E-state index < -0.39 is 0 Å². The molecular weight excluding hydrogens is 332 g/mol. The molecule has 0 aromatic heterocycles. The summed E-state index contributed by atoms with van der Waals surface area (Å²) in [5.74, 6) is -0.757. The van der Waals surface area contributed by atoms with Gasteiger partial charge in [-0.05, 0) is 65.7 Å². The van der Waals surface area contributed by atoms with Crippen LogP contribution in [0.25, 0.3) is 6.08 Å². The average molecular weight is 347 g/mol. The average Bonchev–Trinajstić information content (AvgIpc) is 2.67. The lowest BCUT2D eigenvalue weighted by molar-refractivity contribution is 0.104.